The fourth-order valence-electron chi connectivity index (χ4n) is 2.37. The summed E-state index contributed by atoms with van der Waals surface area (Å²) in [5.74, 6) is 1.30. The highest BCUT2D eigenvalue weighted by Gasteiger charge is 2.11. The highest BCUT2D eigenvalue weighted by Crippen LogP contribution is 2.30. The van der Waals surface area contributed by atoms with Crippen LogP contribution in [-0.4, -0.2) is 30.1 Å². The largest absolute Gasteiger partial charge is 0.493 e. The molecule has 1 heterocycles. The Balaban J connectivity index is 1.76. The van der Waals surface area contributed by atoms with Crippen LogP contribution in [0.4, 0.5) is 17.2 Å². The van der Waals surface area contributed by atoms with E-state index in [4.69, 9.17) is 21.1 Å². The molecule has 2 aromatic carbocycles. The standard InChI is InChI=1S/C19H17ClN4O3/c1-26-16-7-6-14(9-17(16)27-2)23-18-10-15(21-11-22-18)19(25)24-13-5-3-4-12(20)8-13/h3-11H,1-2H3,(H,24,25)(H,21,22,23). The predicted octanol–water partition coefficient (Wildman–Crippen LogP) is 4.14. The maximum absolute atomic E-state index is 12.4. The molecule has 0 saturated carbocycles. The first-order chi connectivity index (χ1) is 13.1. The Morgan fingerprint density at radius 2 is 1.78 bits per heavy atom. The van der Waals surface area contributed by atoms with E-state index in [1.165, 1.54) is 6.33 Å². The number of nitrogens with one attached hydrogen (secondary N) is 2. The molecule has 0 bridgehead atoms. The van der Waals surface area contributed by atoms with E-state index in [2.05, 4.69) is 20.6 Å². The number of anilines is 3. The molecule has 0 aliphatic carbocycles. The van der Waals surface area contributed by atoms with Crippen molar-refractivity contribution >= 4 is 34.7 Å². The van der Waals surface area contributed by atoms with Gasteiger partial charge in [-0.25, -0.2) is 9.97 Å². The van der Waals surface area contributed by atoms with Gasteiger partial charge in [-0.3, -0.25) is 4.79 Å². The highest BCUT2D eigenvalue weighted by atomic mass is 35.5. The number of ether oxygens (including phenoxy) is 2. The van der Waals surface area contributed by atoms with E-state index in [1.807, 2.05) is 6.07 Å². The number of hydrogen-bond acceptors (Lipinski definition) is 6. The van der Waals surface area contributed by atoms with Crippen LogP contribution < -0.4 is 20.1 Å². The number of nitrogens with zero attached hydrogens (tertiary/aromatic N) is 2. The monoisotopic (exact) mass is 384 g/mol. The summed E-state index contributed by atoms with van der Waals surface area (Å²) in [6, 6.07) is 13.8. The van der Waals surface area contributed by atoms with Crippen LogP contribution in [0.15, 0.2) is 54.9 Å². The Morgan fingerprint density at radius 3 is 2.52 bits per heavy atom. The molecule has 7 nitrogen and oxygen atoms in total. The van der Waals surface area contributed by atoms with Gasteiger partial charge in [-0.05, 0) is 30.3 Å². The van der Waals surface area contributed by atoms with Gasteiger partial charge in [0, 0.05) is 28.5 Å². The molecule has 0 radical (unpaired) electrons. The second kappa shape index (κ2) is 8.37. The number of carbonyl (C=O) groups is 1. The third-order valence-corrected chi connectivity index (χ3v) is 3.87. The van der Waals surface area contributed by atoms with E-state index in [9.17, 15) is 4.79 Å². The number of hydrogen-bond donors (Lipinski definition) is 2. The molecule has 3 aromatic rings. The number of benzene rings is 2. The minimum atomic E-state index is -0.366. The van der Waals surface area contributed by atoms with Crippen LogP contribution in [0.5, 0.6) is 11.5 Å². The van der Waals surface area contributed by atoms with E-state index in [0.717, 1.165) is 5.69 Å². The van der Waals surface area contributed by atoms with Crippen LogP contribution in [0.1, 0.15) is 10.5 Å². The van der Waals surface area contributed by atoms with Crippen molar-refractivity contribution in [3.8, 4) is 11.5 Å². The molecule has 3 rings (SSSR count). The number of halogens is 1. The summed E-state index contributed by atoms with van der Waals surface area (Å²) < 4.78 is 10.5. The van der Waals surface area contributed by atoms with Gasteiger partial charge in [-0.1, -0.05) is 17.7 Å². The first-order valence-corrected chi connectivity index (χ1v) is 8.35. The van der Waals surface area contributed by atoms with Crippen molar-refractivity contribution in [2.24, 2.45) is 0 Å². The lowest BCUT2D eigenvalue weighted by atomic mass is 10.2. The van der Waals surface area contributed by atoms with Crippen molar-refractivity contribution in [3.05, 3.63) is 65.6 Å². The third-order valence-electron chi connectivity index (χ3n) is 3.64. The van der Waals surface area contributed by atoms with Crippen molar-refractivity contribution in [3.63, 3.8) is 0 Å². The van der Waals surface area contributed by atoms with Gasteiger partial charge < -0.3 is 20.1 Å². The first kappa shape index (κ1) is 18.5. The first-order valence-electron chi connectivity index (χ1n) is 7.97. The fourth-order valence-corrected chi connectivity index (χ4v) is 2.56. The Morgan fingerprint density at radius 1 is 0.963 bits per heavy atom. The quantitative estimate of drug-likeness (QED) is 0.664. The van der Waals surface area contributed by atoms with Gasteiger partial charge in [-0.2, -0.15) is 0 Å². The van der Waals surface area contributed by atoms with Crippen LogP contribution in [0.3, 0.4) is 0 Å². The molecule has 0 aliphatic heterocycles. The van der Waals surface area contributed by atoms with Crippen molar-refractivity contribution < 1.29 is 14.3 Å². The molecule has 1 aromatic heterocycles. The smallest absolute Gasteiger partial charge is 0.274 e. The lowest BCUT2D eigenvalue weighted by molar-refractivity contribution is 0.102. The van der Waals surface area contributed by atoms with Crippen molar-refractivity contribution in [1.82, 2.24) is 9.97 Å². The third kappa shape index (κ3) is 4.65. The SMILES string of the molecule is COc1ccc(Nc2cc(C(=O)Nc3cccc(Cl)c3)ncn2)cc1OC. The lowest BCUT2D eigenvalue weighted by Crippen LogP contribution is -2.14. The summed E-state index contributed by atoms with van der Waals surface area (Å²) >= 11 is 5.93. The Kier molecular flexibility index (Phi) is 5.73. The maximum atomic E-state index is 12.4. The van der Waals surface area contributed by atoms with Gasteiger partial charge in [0.05, 0.1) is 14.2 Å². The van der Waals surface area contributed by atoms with Gasteiger partial charge >= 0.3 is 0 Å². The molecule has 138 valence electrons. The predicted molar refractivity (Wildman–Crippen MR) is 104 cm³/mol. The molecule has 0 aliphatic rings. The molecular formula is C19H17ClN4O3. The number of amides is 1. The minimum Gasteiger partial charge on any atom is -0.493 e. The van der Waals surface area contributed by atoms with Crippen LogP contribution in [0.2, 0.25) is 5.02 Å². The number of rotatable bonds is 6. The average molecular weight is 385 g/mol. The molecule has 0 atom stereocenters. The lowest BCUT2D eigenvalue weighted by Gasteiger charge is -2.11. The highest BCUT2D eigenvalue weighted by molar-refractivity contribution is 6.30. The fraction of sp³-hybridized carbons (Fsp3) is 0.105. The van der Waals surface area contributed by atoms with Crippen molar-refractivity contribution in [1.29, 1.82) is 0 Å². The second-order valence-corrected chi connectivity index (χ2v) is 5.88. The topological polar surface area (TPSA) is 85.4 Å². The number of aromatic nitrogens is 2. The molecule has 27 heavy (non-hydrogen) atoms. The van der Waals surface area contributed by atoms with E-state index in [1.54, 1.807) is 56.7 Å². The summed E-state index contributed by atoms with van der Waals surface area (Å²) in [6.45, 7) is 0. The number of carbonyl (C=O) groups excluding carboxylic acids is 1. The minimum absolute atomic E-state index is 0.216. The Labute approximate surface area is 161 Å². The van der Waals surface area contributed by atoms with Gasteiger partial charge in [-0.15, -0.1) is 0 Å². The normalized spacial score (nSPS) is 10.2. The number of methoxy groups -OCH3 is 2. The van der Waals surface area contributed by atoms with Gasteiger partial charge in [0.15, 0.2) is 11.5 Å². The Hall–Kier alpha value is -3.32. The molecule has 1 amide bonds. The van der Waals surface area contributed by atoms with Crippen LogP contribution >= 0.6 is 11.6 Å². The van der Waals surface area contributed by atoms with E-state index >= 15 is 0 Å². The van der Waals surface area contributed by atoms with Crippen LogP contribution in [-0.2, 0) is 0 Å². The zero-order chi connectivity index (χ0) is 19.2. The molecule has 0 unspecified atom stereocenters. The summed E-state index contributed by atoms with van der Waals surface area (Å²) in [5, 5.41) is 6.39. The Bertz CT molecular complexity index is 965. The summed E-state index contributed by atoms with van der Waals surface area (Å²) in [5.41, 5.74) is 1.53. The summed E-state index contributed by atoms with van der Waals surface area (Å²) in [7, 11) is 3.13. The van der Waals surface area contributed by atoms with Crippen molar-refractivity contribution in [2.45, 2.75) is 0 Å². The van der Waals surface area contributed by atoms with E-state index in [0.29, 0.717) is 28.0 Å². The van der Waals surface area contributed by atoms with Gasteiger partial charge in [0.1, 0.15) is 17.8 Å². The average Bonchev–Trinajstić information content (AvgIpc) is 2.68. The molecule has 0 spiro atoms. The zero-order valence-corrected chi connectivity index (χ0v) is 15.4. The van der Waals surface area contributed by atoms with E-state index in [-0.39, 0.29) is 11.6 Å². The maximum Gasteiger partial charge on any atom is 0.274 e. The molecule has 0 saturated heterocycles. The molecular weight excluding hydrogens is 368 g/mol. The van der Waals surface area contributed by atoms with Gasteiger partial charge in [0.25, 0.3) is 5.91 Å². The van der Waals surface area contributed by atoms with Crippen LogP contribution in [0.25, 0.3) is 0 Å². The van der Waals surface area contributed by atoms with Gasteiger partial charge in [0.2, 0.25) is 0 Å². The molecule has 8 heteroatoms. The second-order valence-electron chi connectivity index (χ2n) is 5.45. The molecule has 0 fully saturated rings. The summed E-state index contributed by atoms with van der Waals surface area (Å²) in [6.07, 6.45) is 1.32. The van der Waals surface area contributed by atoms with Crippen molar-refractivity contribution in [2.75, 3.05) is 24.9 Å². The van der Waals surface area contributed by atoms with E-state index < -0.39 is 0 Å². The molecule has 2 N–H and O–H groups in total. The van der Waals surface area contributed by atoms with Crippen LogP contribution in [0, 0.1) is 0 Å². The summed E-state index contributed by atoms with van der Waals surface area (Å²) in [4.78, 5) is 20.6. The zero-order valence-electron chi connectivity index (χ0n) is 14.7.